The van der Waals surface area contributed by atoms with Gasteiger partial charge in [0.1, 0.15) is 11.5 Å². The molecule has 0 aliphatic carbocycles. The van der Waals surface area contributed by atoms with E-state index in [1.54, 1.807) is 18.2 Å². The smallest absolute Gasteiger partial charge is 0.279 e. The largest absolute Gasteiger partial charge is 0.484 e. The number of carbonyl (C=O) groups excluding carboxylic acids is 2. The highest BCUT2D eigenvalue weighted by Crippen LogP contribution is 2.28. The fraction of sp³-hybridized carbons (Fsp3) is 0.143. The van der Waals surface area contributed by atoms with Crippen LogP contribution in [-0.4, -0.2) is 24.5 Å². The van der Waals surface area contributed by atoms with Crippen LogP contribution in [0.2, 0.25) is 10.0 Å². The summed E-state index contributed by atoms with van der Waals surface area (Å²) < 4.78 is 10.9. The van der Waals surface area contributed by atoms with E-state index >= 15 is 0 Å². The minimum Gasteiger partial charge on any atom is -0.484 e. The summed E-state index contributed by atoms with van der Waals surface area (Å²) in [4.78, 5) is 24.0. The lowest BCUT2D eigenvalue weighted by Crippen LogP contribution is -2.48. The lowest BCUT2D eigenvalue weighted by atomic mass is 10.1. The van der Waals surface area contributed by atoms with E-state index in [1.807, 2.05) is 36.4 Å². The molecule has 8 heteroatoms. The van der Waals surface area contributed by atoms with Gasteiger partial charge >= 0.3 is 0 Å². The molecule has 150 valence electrons. The molecule has 3 rings (SSSR count). The van der Waals surface area contributed by atoms with Gasteiger partial charge in [-0.2, -0.15) is 0 Å². The first-order valence-corrected chi connectivity index (χ1v) is 9.50. The molecule has 0 bridgehead atoms. The molecule has 3 aromatic carbocycles. The highest BCUT2D eigenvalue weighted by atomic mass is 35.5. The van der Waals surface area contributed by atoms with E-state index in [0.29, 0.717) is 16.5 Å². The zero-order chi connectivity index (χ0) is 20.8. The molecule has 2 amide bonds. The molecule has 0 heterocycles. The Bertz CT molecular complexity index is 1040. The second-order valence-electron chi connectivity index (χ2n) is 6.17. The summed E-state index contributed by atoms with van der Waals surface area (Å²) >= 11 is 11.8. The maximum atomic E-state index is 12.1. The van der Waals surface area contributed by atoms with E-state index in [1.165, 1.54) is 13.0 Å². The number of benzene rings is 3. The van der Waals surface area contributed by atoms with Crippen molar-refractivity contribution in [3.63, 3.8) is 0 Å². The molecule has 29 heavy (non-hydrogen) atoms. The lowest BCUT2D eigenvalue weighted by Gasteiger charge is -2.16. The van der Waals surface area contributed by atoms with Crippen molar-refractivity contribution in [2.24, 2.45) is 0 Å². The van der Waals surface area contributed by atoms with Crippen molar-refractivity contribution < 1.29 is 19.1 Å². The number of nitrogens with one attached hydrogen (secondary N) is 2. The van der Waals surface area contributed by atoms with Gasteiger partial charge in [-0.25, -0.2) is 0 Å². The number of amides is 2. The van der Waals surface area contributed by atoms with Crippen LogP contribution in [0.25, 0.3) is 10.8 Å². The molecule has 0 saturated heterocycles. The fourth-order valence-corrected chi connectivity index (χ4v) is 2.94. The molecule has 1 unspecified atom stereocenters. The van der Waals surface area contributed by atoms with Gasteiger partial charge in [-0.05, 0) is 48.0 Å². The zero-order valence-corrected chi connectivity index (χ0v) is 17.0. The van der Waals surface area contributed by atoms with Crippen LogP contribution >= 0.6 is 23.2 Å². The number of fused-ring (bicyclic) bond motifs is 1. The summed E-state index contributed by atoms with van der Waals surface area (Å²) in [7, 11) is 0. The van der Waals surface area contributed by atoms with E-state index in [2.05, 4.69) is 10.9 Å². The summed E-state index contributed by atoms with van der Waals surface area (Å²) in [6.07, 6.45) is -0.893. The van der Waals surface area contributed by atoms with Gasteiger partial charge in [-0.3, -0.25) is 20.4 Å². The molecule has 0 aromatic heterocycles. The Morgan fingerprint density at radius 1 is 0.966 bits per heavy atom. The normalized spacial score (nSPS) is 11.6. The summed E-state index contributed by atoms with van der Waals surface area (Å²) in [5.41, 5.74) is 4.57. The Morgan fingerprint density at radius 3 is 2.48 bits per heavy atom. The summed E-state index contributed by atoms with van der Waals surface area (Å²) in [5, 5.41) is 2.82. The van der Waals surface area contributed by atoms with E-state index in [9.17, 15) is 9.59 Å². The number of hydrogen-bond donors (Lipinski definition) is 2. The second kappa shape index (κ2) is 9.49. The molecule has 0 spiro atoms. The third-order valence-electron chi connectivity index (χ3n) is 3.98. The van der Waals surface area contributed by atoms with Gasteiger partial charge in [0.05, 0.1) is 5.02 Å². The number of hydrazine groups is 1. The number of rotatable bonds is 6. The second-order valence-corrected chi connectivity index (χ2v) is 7.01. The molecule has 2 N–H and O–H groups in total. The van der Waals surface area contributed by atoms with Crippen LogP contribution in [0.1, 0.15) is 6.92 Å². The molecule has 0 aliphatic rings. The SMILES string of the molecule is CC(Oc1ccc(Cl)cc1Cl)C(=O)NNC(=O)COc1ccc2ccccc2c1. The average molecular weight is 433 g/mol. The number of ether oxygens (including phenoxy) is 2. The quantitative estimate of drug-likeness (QED) is 0.573. The summed E-state index contributed by atoms with van der Waals surface area (Å²) in [5.74, 6) is -0.192. The van der Waals surface area contributed by atoms with Crippen LogP contribution in [-0.2, 0) is 9.59 Å². The van der Waals surface area contributed by atoms with Crippen molar-refractivity contribution in [3.05, 3.63) is 70.7 Å². The number of hydrogen-bond acceptors (Lipinski definition) is 4. The highest BCUT2D eigenvalue weighted by Gasteiger charge is 2.17. The van der Waals surface area contributed by atoms with Crippen molar-refractivity contribution in [1.29, 1.82) is 0 Å². The van der Waals surface area contributed by atoms with Gasteiger partial charge in [0.15, 0.2) is 12.7 Å². The molecule has 3 aromatic rings. The topological polar surface area (TPSA) is 76.7 Å². The van der Waals surface area contributed by atoms with Crippen LogP contribution in [0, 0.1) is 0 Å². The first-order valence-electron chi connectivity index (χ1n) is 8.74. The van der Waals surface area contributed by atoms with E-state index in [0.717, 1.165) is 10.8 Å². The Labute approximate surface area is 177 Å². The maximum absolute atomic E-state index is 12.1. The number of halogens is 2. The van der Waals surface area contributed by atoms with Crippen molar-refractivity contribution >= 4 is 45.8 Å². The van der Waals surface area contributed by atoms with Crippen molar-refractivity contribution in [3.8, 4) is 11.5 Å². The Balaban J connectivity index is 1.45. The monoisotopic (exact) mass is 432 g/mol. The number of carbonyl (C=O) groups is 2. The van der Waals surface area contributed by atoms with Crippen molar-refractivity contribution in [2.45, 2.75) is 13.0 Å². The first-order chi connectivity index (χ1) is 13.9. The first kappa shape index (κ1) is 20.8. The Hall–Kier alpha value is -2.96. The third kappa shape index (κ3) is 5.76. The predicted molar refractivity (Wildman–Crippen MR) is 112 cm³/mol. The standard InChI is InChI=1S/C21H18Cl2N2O4/c1-13(29-19-9-7-16(22)11-18(19)23)21(27)25-24-20(26)12-28-17-8-6-14-4-2-3-5-15(14)10-17/h2-11,13H,12H2,1H3,(H,24,26)(H,25,27). The van der Waals surface area contributed by atoms with Gasteiger partial charge in [-0.15, -0.1) is 0 Å². The molecule has 6 nitrogen and oxygen atoms in total. The maximum Gasteiger partial charge on any atom is 0.279 e. The van der Waals surface area contributed by atoms with Crippen molar-refractivity contribution in [2.75, 3.05) is 6.61 Å². The van der Waals surface area contributed by atoms with Crippen LogP contribution < -0.4 is 20.3 Å². The van der Waals surface area contributed by atoms with E-state index < -0.39 is 17.9 Å². The lowest BCUT2D eigenvalue weighted by molar-refractivity contribution is -0.133. The fourth-order valence-electron chi connectivity index (χ4n) is 2.49. The minimum absolute atomic E-state index is 0.253. The van der Waals surface area contributed by atoms with Crippen LogP contribution in [0.15, 0.2) is 60.7 Å². The summed E-state index contributed by atoms with van der Waals surface area (Å²) in [6, 6.07) is 18.0. The molecular formula is C21H18Cl2N2O4. The van der Waals surface area contributed by atoms with Gasteiger partial charge in [0.2, 0.25) is 0 Å². The minimum atomic E-state index is -0.893. The molecule has 0 aliphatic heterocycles. The van der Waals surface area contributed by atoms with Crippen LogP contribution in [0.3, 0.4) is 0 Å². The van der Waals surface area contributed by atoms with Gasteiger partial charge < -0.3 is 9.47 Å². The van der Waals surface area contributed by atoms with Gasteiger partial charge in [0, 0.05) is 5.02 Å². The van der Waals surface area contributed by atoms with Crippen LogP contribution in [0.4, 0.5) is 0 Å². The van der Waals surface area contributed by atoms with Gasteiger partial charge in [0.25, 0.3) is 11.8 Å². The highest BCUT2D eigenvalue weighted by molar-refractivity contribution is 6.35. The average Bonchev–Trinajstić information content (AvgIpc) is 2.72. The van der Waals surface area contributed by atoms with Crippen molar-refractivity contribution in [1.82, 2.24) is 10.9 Å². The third-order valence-corrected chi connectivity index (χ3v) is 4.51. The van der Waals surface area contributed by atoms with E-state index in [4.69, 9.17) is 32.7 Å². The Kier molecular flexibility index (Phi) is 6.80. The predicted octanol–water partition coefficient (Wildman–Crippen LogP) is 4.14. The summed E-state index contributed by atoms with van der Waals surface area (Å²) in [6.45, 7) is 1.27. The Morgan fingerprint density at radius 2 is 1.72 bits per heavy atom. The molecule has 1 atom stereocenters. The van der Waals surface area contributed by atoms with E-state index in [-0.39, 0.29) is 11.6 Å². The van der Waals surface area contributed by atoms with Crippen LogP contribution in [0.5, 0.6) is 11.5 Å². The molecular weight excluding hydrogens is 415 g/mol. The zero-order valence-electron chi connectivity index (χ0n) is 15.4. The molecule has 0 radical (unpaired) electrons. The molecule has 0 saturated carbocycles. The molecule has 0 fully saturated rings. The van der Waals surface area contributed by atoms with Gasteiger partial charge in [-0.1, -0.05) is 53.5 Å².